The van der Waals surface area contributed by atoms with Gasteiger partial charge in [-0.1, -0.05) is 37.3 Å². The van der Waals surface area contributed by atoms with Gasteiger partial charge in [-0.3, -0.25) is 4.79 Å². The van der Waals surface area contributed by atoms with Crippen LogP contribution < -0.4 is 10.6 Å². The number of amides is 2. The van der Waals surface area contributed by atoms with Crippen LogP contribution in [0.1, 0.15) is 45.1 Å². The highest BCUT2D eigenvalue weighted by Gasteiger charge is 2.23. The van der Waals surface area contributed by atoms with Crippen molar-refractivity contribution in [2.75, 3.05) is 0 Å². The summed E-state index contributed by atoms with van der Waals surface area (Å²) in [5.41, 5.74) is 0.913. The topological polar surface area (TPSA) is 67.4 Å². The fraction of sp³-hybridized carbons (Fsp3) is 0.556. The van der Waals surface area contributed by atoms with Crippen molar-refractivity contribution in [3.8, 4) is 0 Å². The fourth-order valence-electron chi connectivity index (χ4n) is 2.74. The maximum absolute atomic E-state index is 12.1. The molecule has 0 heterocycles. The van der Waals surface area contributed by atoms with Crippen LogP contribution in [0.15, 0.2) is 30.3 Å². The van der Waals surface area contributed by atoms with Crippen LogP contribution in [-0.2, 0) is 16.1 Å². The Kier molecular flexibility index (Phi) is 6.44. The molecule has 2 N–H and O–H groups in total. The maximum atomic E-state index is 12.1. The van der Waals surface area contributed by atoms with Gasteiger partial charge in [-0.25, -0.2) is 4.79 Å². The van der Waals surface area contributed by atoms with E-state index in [9.17, 15) is 9.59 Å². The van der Waals surface area contributed by atoms with Gasteiger partial charge in [-0.2, -0.15) is 0 Å². The summed E-state index contributed by atoms with van der Waals surface area (Å²) in [6, 6.07) is 9.07. The molecule has 1 fully saturated rings. The summed E-state index contributed by atoms with van der Waals surface area (Å²) in [6.07, 6.45) is 3.74. The van der Waals surface area contributed by atoms with Gasteiger partial charge in [0.25, 0.3) is 0 Å². The summed E-state index contributed by atoms with van der Waals surface area (Å²) >= 11 is 0. The van der Waals surface area contributed by atoms with Gasteiger partial charge in [0, 0.05) is 6.04 Å². The molecular weight excluding hydrogens is 292 g/mol. The largest absolute Gasteiger partial charge is 0.445 e. The Morgan fingerprint density at radius 3 is 2.48 bits per heavy atom. The summed E-state index contributed by atoms with van der Waals surface area (Å²) in [6.45, 7) is 4.11. The molecule has 1 aromatic carbocycles. The zero-order chi connectivity index (χ0) is 16.7. The first-order valence-corrected chi connectivity index (χ1v) is 8.32. The standard InChI is InChI=1S/C18H26N2O3/c1-13-8-10-16(11-9-13)20-17(21)14(2)19-18(22)23-12-15-6-4-3-5-7-15/h3-7,13-14,16H,8-12H2,1-2H3,(H,19,22)(H,20,21). The molecule has 0 aromatic heterocycles. The molecule has 126 valence electrons. The Labute approximate surface area is 137 Å². The number of hydrogen-bond acceptors (Lipinski definition) is 3. The van der Waals surface area contributed by atoms with Crippen LogP contribution in [0.25, 0.3) is 0 Å². The van der Waals surface area contributed by atoms with E-state index in [-0.39, 0.29) is 18.6 Å². The lowest BCUT2D eigenvalue weighted by Gasteiger charge is -2.28. The van der Waals surface area contributed by atoms with Crippen LogP contribution in [0.4, 0.5) is 4.79 Å². The minimum absolute atomic E-state index is 0.152. The second kappa shape index (κ2) is 8.56. The number of rotatable bonds is 5. The normalized spacial score (nSPS) is 22.0. The van der Waals surface area contributed by atoms with Crippen molar-refractivity contribution < 1.29 is 14.3 Å². The molecule has 0 spiro atoms. The van der Waals surface area contributed by atoms with Crippen LogP contribution in [0.5, 0.6) is 0 Å². The fourth-order valence-corrected chi connectivity index (χ4v) is 2.74. The number of benzene rings is 1. The van der Waals surface area contributed by atoms with Crippen molar-refractivity contribution in [2.45, 2.75) is 58.2 Å². The summed E-state index contributed by atoms with van der Waals surface area (Å²) in [7, 11) is 0. The van der Waals surface area contributed by atoms with Crippen molar-refractivity contribution >= 4 is 12.0 Å². The maximum Gasteiger partial charge on any atom is 0.408 e. The van der Waals surface area contributed by atoms with Crippen LogP contribution in [0.2, 0.25) is 0 Å². The van der Waals surface area contributed by atoms with Gasteiger partial charge in [0.2, 0.25) is 5.91 Å². The number of hydrogen-bond donors (Lipinski definition) is 2. The van der Waals surface area contributed by atoms with E-state index in [1.165, 1.54) is 0 Å². The Hall–Kier alpha value is -2.04. The molecule has 2 rings (SSSR count). The molecule has 1 aromatic rings. The SMILES string of the molecule is CC1CCC(NC(=O)C(C)NC(=O)OCc2ccccc2)CC1. The molecule has 23 heavy (non-hydrogen) atoms. The van der Waals surface area contributed by atoms with Gasteiger partial charge < -0.3 is 15.4 Å². The van der Waals surface area contributed by atoms with E-state index in [0.717, 1.165) is 37.2 Å². The van der Waals surface area contributed by atoms with E-state index in [1.807, 2.05) is 30.3 Å². The van der Waals surface area contributed by atoms with Gasteiger partial charge in [0.05, 0.1) is 0 Å². The van der Waals surface area contributed by atoms with Crippen molar-refractivity contribution in [1.82, 2.24) is 10.6 Å². The van der Waals surface area contributed by atoms with E-state index < -0.39 is 12.1 Å². The van der Waals surface area contributed by atoms with Gasteiger partial charge in [0.15, 0.2) is 0 Å². The first-order valence-electron chi connectivity index (χ1n) is 8.32. The lowest BCUT2D eigenvalue weighted by molar-refractivity contribution is -0.123. The molecule has 5 heteroatoms. The zero-order valence-corrected chi connectivity index (χ0v) is 13.9. The summed E-state index contributed by atoms with van der Waals surface area (Å²) < 4.78 is 5.12. The smallest absolute Gasteiger partial charge is 0.408 e. The quantitative estimate of drug-likeness (QED) is 0.877. The van der Waals surface area contributed by atoms with Crippen LogP contribution in [-0.4, -0.2) is 24.1 Å². The highest BCUT2D eigenvalue weighted by Crippen LogP contribution is 2.23. The summed E-state index contributed by atoms with van der Waals surface area (Å²) in [4.78, 5) is 23.9. The van der Waals surface area contributed by atoms with Crippen LogP contribution in [0.3, 0.4) is 0 Å². The van der Waals surface area contributed by atoms with Crippen LogP contribution >= 0.6 is 0 Å². The lowest BCUT2D eigenvalue weighted by atomic mass is 9.87. The predicted octanol–water partition coefficient (Wildman–Crippen LogP) is 3.00. The first-order chi connectivity index (χ1) is 11.0. The molecule has 1 saturated carbocycles. The van der Waals surface area contributed by atoms with Crippen molar-refractivity contribution in [2.24, 2.45) is 5.92 Å². The molecule has 1 unspecified atom stereocenters. The Bertz CT molecular complexity index is 510. The second-order valence-electron chi connectivity index (χ2n) is 6.39. The van der Waals surface area contributed by atoms with Gasteiger partial charge in [-0.05, 0) is 44.1 Å². The highest BCUT2D eigenvalue weighted by molar-refractivity contribution is 5.85. The van der Waals surface area contributed by atoms with E-state index in [2.05, 4.69) is 17.6 Å². The highest BCUT2D eigenvalue weighted by atomic mass is 16.5. The average Bonchev–Trinajstić information content (AvgIpc) is 2.56. The molecule has 0 saturated heterocycles. The molecule has 0 radical (unpaired) electrons. The van der Waals surface area contributed by atoms with Crippen molar-refractivity contribution in [3.63, 3.8) is 0 Å². The molecule has 0 bridgehead atoms. The Morgan fingerprint density at radius 2 is 1.83 bits per heavy atom. The van der Waals surface area contributed by atoms with Crippen LogP contribution in [0, 0.1) is 5.92 Å². The third kappa shape index (κ3) is 5.93. The van der Waals surface area contributed by atoms with Gasteiger partial charge >= 0.3 is 6.09 Å². The first kappa shape index (κ1) is 17.3. The third-order valence-electron chi connectivity index (χ3n) is 4.30. The van der Waals surface area contributed by atoms with E-state index in [1.54, 1.807) is 6.92 Å². The zero-order valence-electron chi connectivity index (χ0n) is 13.9. The molecule has 5 nitrogen and oxygen atoms in total. The Balaban J connectivity index is 1.69. The van der Waals surface area contributed by atoms with E-state index in [0.29, 0.717) is 0 Å². The average molecular weight is 318 g/mol. The Morgan fingerprint density at radius 1 is 1.17 bits per heavy atom. The number of ether oxygens (including phenoxy) is 1. The minimum Gasteiger partial charge on any atom is -0.445 e. The minimum atomic E-state index is -0.599. The third-order valence-corrected chi connectivity index (χ3v) is 4.30. The number of nitrogens with one attached hydrogen (secondary N) is 2. The monoisotopic (exact) mass is 318 g/mol. The second-order valence-corrected chi connectivity index (χ2v) is 6.39. The number of carbonyl (C=O) groups excluding carboxylic acids is 2. The molecule has 1 aliphatic carbocycles. The molecule has 0 aliphatic heterocycles. The molecule has 1 aliphatic rings. The lowest BCUT2D eigenvalue weighted by Crippen LogP contribution is -2.48. The molecule has 2 amide bonds. The van der Waals surface area contributed by atoms with Crippen molar-refractivity contribution in [1.29, 1.82) is 0 Å². The van der Waals surface area contributed by atoms with Gasteiger partial charge in [0.1, 0.15) is 12.6 Å². The van der Waals surface area contributed by atoms with E-state index >= 15 is 0 Å². The predicted molar refractivity (Wildman–Crippen MR) is 88.8 cm³/mol. The molecule has 1 atom stereocenters. The summed E-state index contributed by atoms with van der Waals surface area (Å²) in [5, 5.41) is 5.58. The number of carbonyl (C=O) groups is 2. The van der Waals surface area contributed by atoms with Gasteiger partial charge in [-0.15, -0.1) is 0 Å². The number of alkyl carbamates (subject to hydrolysis) is 1. The summed E-state index contributed by atoms with van der Waals surface area (Å²) in [5.74, 6) is 0.591. The molecular formula is C18H26N2O3. The van der Waals surface area contributed by atoms with E-state index in [4.69, 9.17) is 4.74 Å². The van der Waals surface area contributed by atoms with Crippen molar-refractivity contribution in [3.05, 3.63) is 35.9 Å².